The van der Waals surface area contributed by atoms with Crippen molar-refractivity contribution in [3.05, 3.63) is 52.7 Å². The molecule has 0 bridgehead atoms. The molecule has 1 fully saturated rings. The fourth-order valence-electron chi connectivity index (χ4n) is 3.56. The maximum atomic E-state index is 13.1. The number of anilines is 1. The number of pyridine rings is 1. The van der Waals surface area contributed by atoms with Gasteiger partial charge >= 0.3 is 0 Å². The molecule has 4 nitrogen and oxygen atoms in total. The number of amides is 1. The molecule has 1 aromatic carbocycles. The number of hydrogen-bond acceptors (Lipinski definition) is 3. The third-order valence-corrected chi connectivity index (χ3v) is 5.11. The third kappa shape index (κ3) is 3.64. The van der Waals surface area contributed by atoms with Crippen LogP contribution in [0.2, 0.25) is 5.02 Å². The van der Waals surface area contributed by atoms with Gasteiger partial charge in [-0.05, 0) is 50.5 Å². The number of halogens is 1. The molecule has 1 N–H and O–H groups in total. The Morgan fingerprint density at radius 1 is 1.28 bits per heavy atom. The lowest BCUT2D eigenvalue weighted by Gasteiger charge is -2.28. The van der Waals surface area contributed by atoms with Crippen LogP contribution < -0.4 is 10.1 Å². The standard InChI is InChI=1S/C20H23ClN2O2/c1-3-25-18-14(2)12-17(13-22-18)23-19(24)20(10-4-5-11-20)15-6-8-16(21)9-7-15/h6-9,12-13H,3-5,10-11H2,1-2H3,(H,23,24). The summed E-state index contributed by atoms with van der Waals surface area (Å²) in [6.45, 7) is 4.42. The van der Waals surface area contributed by atoms with E-state index in [2.05, 4.69) is 10.3 Å². The minimum atomic E-state index is -0.489. The number of aryl methyl sites for hydroxylation is 1. The van der Waals surface area contributed by atoms with E-state index in [-0.39, 0.29) is 5.91 Å². The van der Waals surface area contributed by atoms with E-state index >= 15 is 0 Å². The van der Waals surface area contributed by atoms with Gasteiger partial charge in [0.25, 0.3) is 0 Å². The Morgan fingerprint density at radius 2 is 1.96 bits per heavy atom. The SMILES string of the molecule is CCOc1ncc(NC(=O)C2(c3ccc(Cl)cc3)CCCC2)cc1C. The monoisotopic (exact) mass is 358 g/mol. The molecule has 1 aliphatic carbocycles. The van der Waals surface area contributed by atoms with E-state index < -0.39 is 5.41 Å². The minimum absolute atomic E-state index is 0.0256. The summed E-state index contributed by atoms with van der Waals surface area (Å²) >= 11 is 6.01. The molecule has 0 spiro atoms. The number of nitrogens with one attached hydrogen (secondary N) is 1. The van der Waals surface area contributed by atoms with Crippen LogP contribution in [0.1, 0.15) is 43.7 Å². The van der Waals surface area contributed by atoms with Crippen LogP contribution >= 0.6 is 11.6 Å². The quantitative estimate of drug-likeness (QED) is 0.827. The zero-order chi connectivity index (χ0) is 17.9. The van der Waals surface area contributed by atoms with Gasteiger partial charge in [-0.2, -0.15) is 0 Å². The zero-order valence-corrected chi connectivity index (χ0v) is 15.4. The highest BCUT2D eigenvalue weighted by molar-refractivity contribution is 6.30. The first-order chi connectivity index (χ1) is 12.0. The lowest BCUT2D eigenvalue weighted by Crippen LogP contribution is -2.38. The Labute approximate surface area is 153 Å². The molecule has 5 heteroatoms. The average molecular weight is 359 g/mol. The largest absolute Gasteiger partial charge is 0.478 e. The summed E-state index contributed by atoms with van der Waals surface area (Å²) in [5.74, 6) is 0.631. The van der Waals surface area contributed by atoms with Crippen molar-refractivity contribution < 1.29 is 9.53 Å². The summed E-state index contributed by atoms with van der Waals surface area (Å²) in [7, 11) is 0. The van der Waals surface area contributed by atoms with Gasteiger partial charge in [0.15, 0.2) is 0 Å². The molecule has 0 unspecified atom stereocenters. The van der Waals surface area contributed by atoms with Crippen molar-refractivity contribution in [3.63, 3.8) is 0 Å². The van der Waals surface area contributed by atoms with E-state index in [9.17, 15) is 4.79 Å². The van der Waals surface area contributed by atoms with Gasteiger partial charge in [-0.15, -0.1) is 0 Å². The number of nitrogens with zero attached hydrogens (tertiary/aromatic N) is 1. The summed E-state index contributed by atoms with van der Waals surface area (Å²) in [6, 6.07) is 9.55. The molecule has 1 aliphatic rings. The van der Waals surface area contributed by atoms with Crippen molar-refractivity contribution in [1.29, 1.82) is 0 Å². The zero-order valence-electron chi connectivity index (χ0n) is 14.6. The normalized spacial score (nSPS) is 15.8. The fraction of sp³-hybridized carbons (Fsp3) is 0.400. The third-order valence-electron chi connectivity index (χ3n) is 4.86. The topological polar surface area (TPSA) is 51.2 Å². The highest BCUT2D eigenvalue weighted by Gasteiger charge is 2.42. The molecule has 0 saturated heterocycles. The Morgan fingerprint density at radius 3 is 2.56 bits per heavy atom. The van der Waals surface area contributed by atoms with Crippen LogP contribution in [0.5, 0.6) is 5.88 Å². The van der Waals surface area contributed by atoms with Gasteiger partial charge in [0.05, 0.1) is 23.9 Å². The van der Waals surface area contributed by atoms with Crippen molar-refractivity contribution in [2.75, 3.05) is 11.9 Å². The van der Waals surface area contributed by atoms with Crippen LogP contribution in [-0.4, -0.2) is 17.5 Å². The van der Waals surface area contributed by atoms with Gasteiger partial charge in [-0.1, -0.05) is 36.6 Å². The number of ether oxygens (including phenoxy) is 1. The molecule has 1 aromatic heterocycles. The summed E-state index contributed by atoms with van der Waals surface area (Å²) < 4.78 is 5.46. The molecule has 0 aliphatic heterocycles. The molecule has 1 heterocycles. The molecule has 0 atom stereocenters. The van der Waals surface area contributed by atoms with E-state index in [1.165, 1.54) is 0 Å². The van der Waals surface area contributed by atoms with Gasteiger partial charge in [0, 0.05) is 10.6 Å². The maximum Gasteiger partial charge on any atom is 0.235 e. The van der Waals surface area contributed by atoms with Crippen molar-refractivity contribution in [2.45, 2.75) is 44.9 Å². The molecule has 0 radical (unpaired) electrons. The number of aromatic nitrogens is 1. The van der Waals surface area contributed by atoms with E-state index in [1.807, 2.05) is 44.2 Å². The molecule has 132 valence electrons. The highest BCUT2D eigenvalue weighted by atomic mass is 35.5. The minimum Gasteiger partial charge on any atom is -0.478 e. The average Bonchev–Trinajstić information content (AvgIpc) is 3.09. The first-order valence-corrected chi connectivity index (χ1v) is 9.10. The molecule has 1 saturated carbocycles. The Hall–Kier alpha value is -2.07. The van der Waals surface area contributed by atoms with Crippen molar-refractivity contribution in [1.82, 2.24) is 4.98 Å². The predicted molar refractivity (Wildman–Crippen MR) is 100 cm³/mol. The Balaban J connectivity index is 1.84. The number of carbonyl (C=O) groups excluding carboxylic acids is 1. The van der Waals surface area contributed by atoms with Crippen molar-refractivity contribution in [2.24, 2.45) is 0 Å². The van der Waals surface area contributed by atoms with Crippen LogP contribution in [0.25, 0.3) is 0 Å². The van der Waals surface area contributed by atoms with Crippen LogP contribution in [0, 0.1) is 6.92 Å². The second kappa shape index (κ2) is 7.44. The number of carbonyl (C=O) groups is 1. The van der Waals surface area contributed by atoms with Gasteiger partial charge < -0.3 is 10.1 Å². The fourth-order valence-corrected chi connectivity index (χ4v) is 3.69. The second-order valence-corrected chi connectivity index (χ2v) is 6.97. The van der Waals surface area contributed by atoms with Gasteiger partial charge in [0.1, 0.15) is 0 Å². The van der Waals surface area contributed by atoms with E-state index in [1.54, 1.807) is 6.20 Å². The molecule has 2 aromatic rings. The van der Waals surface area contributed by atoms with Crippen molar-refractivity contribution >= 4 is 23.2 Å². The van der Waals surface area contributed by atoms with E-state index in [0.717, 1.165) is 36.8 Å². The van der Waals surface area contributed by atoms with Crippen molar-refractivity contribution in [3.8, 4) is 5.88 Å². The Kier molecular flexibility index (Phi) is 5.28. The Bertz CT molecular complexity index is 753. The first kappa shape index (κ1) is 17.7. The molecule has 3 rings (SSSR count). The van der Waals surface area contributed by atoms with Gasteiger partial charge in [-0.25, -0.2) is 4.98 Å². The van der Waals surface area contributed by atoms with E-state index in [0.29, 0.717) is 23.2 Å². The summed E-state index contributed by atoms with van der Waals surface area (Å²) in [6.07, 6.45) is 5.46. The molecule has 1 amide bonds. The van der Waals surface area contributed by atoms with Gasteiger partial charge in [0.2, 0.25) is 11.8 Å². The molecular weight excluding hydrogens is 336 g/mol. The predicted octanol–water partition coefficient (Wildman–Crippen LogP) is 4.89. The molecule has 25 heavy (non-hydrogen) atoms. The number of rotatable bonds is 5. The second-order valence-electron chi connectivity index (χ2n) is 6.53. The summed E-state index contributed by atoms with van der Waals surface area (Å²) in [4.78, 5) is 17.4. The summed E-state index contributed by atoms with van der Waals surface area (Å²) in [5, 5.41) is 3.74. The first-order valence-electron chi connectivity index (χ1n) is 8.72. The van der Waals surface area contributed by atoms with Gasteiger partial charge in [-0.3, -0.25) is 4.79 Å². The van der Waals surface area contributed by atoms with Crippen LogP contribution in [0.15, 0.2) is 36.5 Å². The molecular formula is C20H23ClN2O2. The number of benzene rings is 1. The highest BCUT2D eigenvalue weighted by Crippen LogP contribution is 2.42. The van der Waals surface area contributed by atoms with Crippen LogP contribution in [-0.2, 0) is 10.2 Å². The smallest absolute Gasteiger partial charge is 0.235 e. The lowest BCUT2D eigenvalue weighted by atomic mass is 9.78. The van der Waals surface area contributed by atoms with E-state index in [4.69, 9.17) is 16.3 Å². The lowest BCUT2D eigenvalue weighted by molar-refractivity contribution is -0.121. The maximum absolute atomic E-state index is 13.1. The number of hydrogen-bond donors (Lipinski definition) is 1. The summed E-state index contributed by atoms with van der Waals surface area (Å²) in [5.41, 5.74) is 2.15. The van der Waals surface area contributed by atoms with Crippen LogP contribution in [0.4, 0.5) is 5.69 Å². The van der Waals surface area contributed by atoms with Crippen LogP contribution in [0.3, 0.4) is 0 Å².